The summed E-state index contributed by atoms with van der Waals surface area (Å²) in [6, 6.07) is 16.0. The Kier molecular flexibility index (Phi) is 12.7. The van der Waals surface area contributed by atoms with Gasteiger partial charge in [0.25, 0.3) is 5.56 Å². The third-order valence-electron chi connectivity index (χ3n) is 7.44. The van der Waals surface area contributed by atoms with Gasteiger partial charge in [-0.05, 0) is 43.0 Å². The van der Waals surface area contributed by atoms with Crippen LogP contribution in [0, 0.1) is 0 Å². The lowest BCUT2D eigenvalue weighted by molar-refractivity contribution is -0.145. The summed E-state index contributed by atoms with van der Waals surface area (Å²) >= 11 is 0. The summed E-state index contributed by atoms with van der Waals surface area (Å²) in [5.74, 6) is -2.21. The van der Waals surface area contributed by atoms with Gasteiger partial charge in [0.2, 0.25) is 5.91 Å². The molecule has 1 heterocycles. The van der Waals surface area contributed by atoms with E-state index in [0.29, 0.717) is 13.2 Å². The molecule has 0 unspecified atom stereocenters. The number of carboxylic acids is 1. The predicted molar refractivity (Wildman–Crippen MR) is 175 cm³/mol. The van der Waals surface area contributed by atoms with Crippen molar-refractivity contribution in [3.05, 3.63) is 92.8 Å². The number of aliphatic carboxylic acids is 1. The first kappa shape index (κ1) is 36.1. The first-order chi connectivity index (χ1) is 22.9. The first-order valence-corrected chi connectivity index (χ1v) is 15.6. The van der Waals surface area contributed by atoms with Crippen LogP contribution in [0.1, 0.15) is 37.8 Å². The van der Waals surface area contributed by atoms with Crippen molar-refractivity contribution in [1.82, 2.24) is 19.8 Å². The lowest BCUT2D eigenvalue weighted by Crippen LogP contribution is -2.51. The van der Waals surface area contributed by atoms with Gasteiger partial charge in [0.1, 0.15) is 19.7 Å². The molecule has 1 aliphatic rings. The maximum Gasteiger partial charge on any atom is 0.407 e. The second-order valence-electron chi connectivity index (χ2n) is 12.2. The molecule has 2 amide bonds. The number of aromatic amines is 1. The Labute approximate surface area is 277 Å². The number of H-pyrrole nitrogens is 1. The zero-order valence-corrected chi connectivity index (χ0v) is 27.3. The van der Waals surface area contributed by atoms with Crippen LogP contribution in [-0.4, -0.2) is 102 Å². The van der Waals surface area contributed by atoms with Crippen LogP contribution in [0.15, 0.2) is 70.4 Å². The summed E-state index contributed by atoms with van der Waals surface area (Å²) in [5, 5.41) is 12.2. The van der Waals surface area contributed by atoms with Crippen LogP contribution in [0.2, 0.25) is 0 Å². The van der Waals surface area contributed by atoms with Gasteiger partial charge < -0.3 is 34.3 Å². The average molecular weight is 667 g/mol. The number of amides is 2. The topological polar surface area (TPSA) is 178 Å². The van der Waals surface area contributed by atoms with Crippen molar-refractivity contribution in [3.63, 3.8) is 0 Å². The fraction of sp³-hybridized carbons (Fsp3) is 0.441. The minimum Gasteiger partial charge on any atom is -0.480 e. The highest BCUT2D eigenvalue weighted by Gasteiger charge is 2.30. The lowest BCUT2D eigenvalue weighted by atomic mass is 9.98. The molecular formula is C34H42N4O10. The fourth-order valence-electron chi connectivity index (χ4n) is 5.30. The van der Waals surface area contributed by atoms with E-state index in [-0.39, 0.29) is 44.5 Å². The molecule has 1 aromatic heterocycles. The number of aromatic nitrogens is 2. The van der Waals surface area contributed by atoms with E-state index < -0.39 is 48.4 Å². The number of fused-ring (bicyclic) bond motifs is 3. The molecule has 0 saturated heterocycles. The van der Waals surface area contributed by atoms with Crippen molar-refractivity contribution in [1.29, 1.82) is 0 Å². The minimum atomic E-state index is -1.30. The van der Waals surface area contributed by atoms with E-state index in [4.69, 9.17) is 18.9 Å². The van der Waals surface area contributed by atoms with Crippen LogP contribution >= 0.6 is 0 Å². The van der Waals surface area contributed by atoms with Crippen molar-refractivity contribution in [2.24, 2.45) is 0 Å². The Hall–Kier alpha value is -4.79. The number of carbonyl (C=O) groups excluding carboxylic acids is 2. The van der Waals surface area contributed by atoms with Gasteiger partial charge in [-0.15, -0.1) is 0 Å². The number of hydrogen-bond acceptors (Lipinski definition) is 9. The van der Waals surface area contributed by atoms with Gasteiger partial charge in [-0.3, -0.25) is 23.9 Å². The average Bonchev–Trinajstić information content (AvgIpc) is 3.35. The number of carbonyl (C=O) groups is 3. The molecule has 0 spiro atoms. The zero-order valence-electron chi connectivity index (χ0n) is 27.3. The third-order valence-corrected chi connectivity index (χ3v) is 7.44. The van der Waals surface area contributed by atoms with Crippen LogP contribution < -0.4 is 16.6 Å². The standard InChI is InChI=1S/C34H42N4O10/c1-34(2,3)48-17-16-45-14-15-46-21-23(18-38(20-31(41)42)30(40)19-37-13-12-29(39)36-32(37)43)35-33(44)47-22-28-26-10-6-4-8-24(26)25-9-5-7-11-27(25)28/h4-13,23,28H,14-22H2,1-3H3,(H,35,44)(H,41,42)(H,36,39,43)/t23-/m1/s1. The predicted octanol–water partition coefficient (Wildman–Crippen LogP) is 2.21. The molecule has 2 aromatic carbocycles. The second-order valence-corrected chi connectivity index (χ2v) is 12.2. The molecule has 48 heavy (non-hydrogen) atoms. The second kappa shape index (κ2) is 16.9. The third kappa shape index (κ3) is 10.6. The Morgan fingerprint density at radius 3 is 2.19 bits per heavy atom. The molecule has 0 radical (unpaired) electrons. The van der Waals surface area contributed by atoms with Crippen LogP contribution in [0.4, 0.5) is 4.79 Å². The van der Waals surface area contributed by atoms with Gasteiger partial charge in [0.05, 0.1) is 44.7 Å². The monoisotopic (exact) mass is 666 g/mol. The minimum absolute atomic E-state index is 0.0464. The van der Waals surface area contributed by atoms with Gasteiger partial charge in [-0.1, -0.05) is 48.5 Å². The van der Waals surface area contributed by atoms with E-state index in [9.17, 15) is 29.1 Å². The van der Waals surface area contributed by atoms with Gasteiger partial charge in [-0.2, -0.15) is 0 Å². The molecular weight excluding hydrogens is 624 g/mol. The summed E-state index contributed by atoms with van der Waals surface area (Å²) in [6.45, 7) is 5.39. The molecule has 14 nitrogen and oxygen atoms in total. The molecule has 1 atom stereocenters. The highest BCUT2D eigenvalue weighted by Crippen LogP contribution is 2.44. The van der Waals surface area contributed by atoms with Crippen LogP contribution in [0.25, 0.3) is 11.1 Å². The van der Waals surface area contributed by atoms with Crippen molar-refractivity contribution in [3.8, 4) is 11.1 Å². The normalized spacial score (nSPS) is 13.0. The molecule has 1 aliphatic carbocycles. The van der Waals surface area contributed by atoms with E-state index in [1.807, 2.05) is 69.3 Å². The number of nitrogens with zero attached hydrogens (tertiary/aromatic N) is 2. The van der Waals surface area contributed by atoms with Crippen molar-refractivity contribution < 1.29 is 38.4 Å². The molecule has 0 bridgehead atoms. The number of benzene rings is 2. The summed E-state index contributed by atoms with van der Waals surface area (Å²) in [5.41, 5.74) is 2.47. The lowest BCUT2D eigenvalue weighted by Gasteiger charge is -2.27. The summed E-state index contributed by atoms with van der Waals surface area (Å²) in [7, 11) is 0. The van der Waals surface area contributed by atoms with E-state index in [2.05, 4.69) is 10.3 Å². The van der Waals surface area contributed by atoms with Crippen molar-refractivity contribution in [2.75, 3.05) is 52.7 Å². The Balaban J connectivity index is 1.40. The van der Waals surface area contributed by atoms with Gasteiger partial charge in [0, 0.05) is 24.7 Å². The molecule has 3 aromatic rings. The molecule has 3 N–H and O–H groups in total. The van der Waals surface area contributed by atoms with Crippen LogP contribution in [0.3, 0.4) is 0 Å². The van der Waals surface area contributed by atoms with Gasteiger partial charge in [-0.25, -0.2) is 9.59 Å². The molecule has 4 rings (SSSR count). The highest BCUT2D eigenvalue weighted by atomic mass is 16.6. The first-order valence-electron chi connectivity index (χ1n) is 15.6. The Morgan fingerprint density at radius 2 is 1.56 bits per heavy atom. The number of ether oxygens (including phenoxy) is 4. The summed E-state index contributed by atoms with van der Waals surface area (Å²) in [6.07, 6.45) is 0.362. The smallest absolute Gasteiger partial charge is 0.407 e. The molecule has 0 fully saturated rings. The van der Waals surface area contributed by atoms with Crippen LogP contribution in [-0.2, 0) is 35.1 Å². The SMILES string of the molecule is CC(C)(C)OCCOCCOC[C@@H](CN(CC(=O)O)C(=O)Cn1ccc(=O)[nH]c1=O)NC(=O)OCC1c2ccccc2-c2ccccc21. The number of alkyl carbamates (subject to hydrolysis) is 1. The quantitative estimate of drug-likeness (QED) is 0.181. The Bertz CT molecular complexity index is 1630. The van der Waals surface area contributed by atoms with E-state index in [1.54, 1.807) is 0 Å². The van der Waals surface area contributed by atoms with E-state index in [0.717, 1.165) is 44.0 Å². The number of rotatable bonds is 17. The van der Waals surface area contributed by atoms with Gasteiger partial charge in [0.15, 0.2) is 0 Å². The molecule has 0 aliphatic heterocycles. The van der Waals surface area contributed by atoms with Crippen LogP contribution in [0.5, 0.6) is 0 Å². The van der Waals surface area contributed by atoms with Gasteiger partial charge >= 0.3 is 17.8 Å². The molecule has 0 saturated carbocycles. The van der Waals surface area contributed by atoms with Crippen molar-refractivity contribution >= 4 is 18.0 Å². The molecule has 258 valence electrons. The Morgan fingerprint density at radius 1 is 0.938 bits per heavy atom. The highest BCUT2D eigenvalue weighted by molar-refractivity contribution is 5.81. The fourth-order valence-corrected chi connectivity index (χ4v) is 5.30. The van der Waals surface area contributed by atoms with Crippen molar-refractivity contribution in [2.45, 2.75) is 44.9 Å². The van der Waals surface area contributed by atoms with E-state index >= 15 is 0 Å². The zero-order chi connectivity index (χ0) is 34.7. The number of hydrogen-bond donors (Lipinski definition) is 3. The molecule has 14 heteroatoms. The summed E-state index contributed by atoms with van der Waals surface area (Å²) < 4.78 is 23.5. The number of nitrogens with one attached hydrogen (secondary N) is 2. The largest absolute Gasteiger partial charge is 0.480 e. The number of carboxylic acid groups (broad SMARTS) is 1. The summed E-state index contributed by atoms with van der Waals surface area (Å²) in [4.78, 5) is 64.6. The maximum atomic E-state index is 13.2. The van der Waals surface area contributed by atoms with E-state index in [1.165, 1.54) is 0 Å². The maximum absolute atomic E-state index is 13.2.